The van der Waals surface area contributed by atoms with Crippen LogP contribution in [0.3, 0.4) is 0 Å². The van der Waals surface area contributed by atoms with Crippen molar-refractivity contribution in [3.05, 3.63) is 0 Å². The molecular formula is C11H21NO3. The van der Waals surface area contributed by atoms with Gasteiger partial charge in [0.15, 0.2) is 0 Å². The van der Waals surface area contributed by atoms with Crippen LogP contribution in [0.15, 0.2) is 0 Å². The Morgan fingerprint density at radius 2 is 1.87 bits per heavy atom. The number of ether oxygens (including phenoxy) is 3. The van der Waals surface area contributed by atoms with Crippen LogP contribution < -0.4 is 5.32 Å². The molecule has 0 radical (unpaired) electrons. The Labute approximate surface area is 91.3 Å². The standard InChI is InChI=1S/C11H21NO3/c1-12-11(9-2-4-13-5-3-9)10-8-14-6-7-15-10/h9-12H,2-8H2,1H3. The topological polar surface area (TPSA) is 39.7 Å². The third-order valence-electron chi connectivity index (χ3n) is 3.35. The molecule has 2 saturated heterocycles. The van der Waals surface area contributed by atoms with Crippen molar-refractivity contribution in [3.63, 3.8) is 0 Å². The average molecular weight is 215 g/mol. The monoisotopic (exact) mass is 215 g/mol. The Kier molecular flexibility index (Phi) is 4.38. The summed E-state index contributed by atoms with van der Waals surface area (Å²) in [6.45, 7) is 3.96. The minimum absolute atomic E-state index is 0.215. The highest BCUT2D eigenvalue weighted by Gasteiger charge is 2.31. The molecule has 2 fully saturated rings. The van der Waals surface area contributed by atoms with E-state index < -0.39 is 0 Å². The smallest absolute Gasteiger partial charge is 0.0964 e. The Morgan fingerprint density at radius 3 is 2.47 bits per heavy atom. The first-order valence-corrected chi connectivity index (χ1v) is 5.86. The molecule has 4 nitrogen and oxygen atoms in total. The molecule has 0 bridgehead atoms. The van der Waals surface area contributed by atoms with Gasteiger partial charge in [0.25, 0.3) is 0 Å². The minimum atomic E-state index is 0.215. The molecule has 4 heteroatoms. The molecule has 0 aromatic carbocycles. The lowest BCUT2D eigenvalue weighted by Gasteiger charge is -2.37. The van der Waals surface area contributed by atoms with E-state index in [2.05, 4.69) is 5.32 Å². The van der Waals surface area contributed by atoms with Gasteiger partial charge in [-0.05, 0) is 25.8 Å². The maximum absolute atomic E-state index is 5.76. The van der Waals surface area contributed by atoms with Gasteiger partial charge >= 0.3 is 0 Å². The number of nitrogens with one attached hydrogen (secondary N) is 1. The molecule has 2 atom stereocenters. The van der Waals surface area contributed by atoms with Gasteiger partial charge in [0, 0.05) is 19.3 Å². The molecule has 2 unspecified atom stereocenters. The first kappa shape index (κ1) is 11.3. The maximum Gasteiger partial charge on any atom is 0.0964 e. The van der Waals surface area contributed by atoms with Crippen molar-refractivity contribution in [1.29, 1.82) is 0 Å². The van der Waals surface area contributed by atoms with E-state index in [-0.39, 0.29) is 6.10 Å². The Hall–Kier alpha value is -0.160. The summed E-state index contributed by atoms with van der Waals surface area (Å²) in [6, 6.07) is 0.411. The van der Waals surface area contributed by atoms with Crippen LogP contribution in [0.2, 0.25) is 0 Å². The molecule has 2 aliphatic rings. The second-order valence-corrected chi connectivity index (χ2v) is 4.25. The number of hydrogen-bond acceptors (Lipinski definition) is 4. The summed E-state index contributed by atoms with van der Waals surface area (Å²) in [5.74, 6) is 0.662. The fourth-order valence-electron chi connectivity index (χ4n) is 2.51. The highest BCUT2D eigenvalue weighted by atomic mass is 16.6. The van der Waals surface area contributed by atoms with Gasteiger partial charge in [-0.25, -0.2) is 0 Å². The third kappa shape index (κ3) is 2.91. The first-order chi connectivity index (χ1) is 7.42. The van der Waals surface area contributed by atoms with Crippen molar-refractivity contribution in [2.75, 3.05) is 40.1 Å². The number of hydrogen-bond donors (Lipinski definition) is 1. The summed E-state index contributed by atoms with van der Waals surface area (Å²) >= 11 is 0. The van der Waals surface area contributed by atoms with Crippen LogP contribution in [0.4, 0.5) is 0 Å². The van der Waals surface area contributed by atoms with Crippen molar-refractivity contribution in [2.24, 2.45) is 5.92 Å². The van der Waals surface area contributed by atoms with E-state index in [9.17, 15) is 0 Å². The largest absolute Gasteiger partial charge is 0.381 e. The molecule has 2 rings (SSSR count). The molecule has 0 spiro atoms. The fraction of sp³-hybridized carbons (Fsp3) is 1.00. The fourth-order valence-corrected chi connectivity index (χ4v) is 2.51. The van der Waals surface area contributed by atoms with Crippen molar-refractivity contribution < 1.29 is 14.2 Å². The van der Waals surface area contributed by atoms with E-state index in [1.54, 1.807) is 0 Å². The molecule has 2 heterocycles. The van der Waals surface area contributed by atoms with Gasteiger partial charge < -0.3 is 19.5 Å². The van der Waals surface area contributed by atoms with Crippen LogP contribution in [0.1, 0.15) is 12.8 Å². The summed E-state index contributed by atoms with van der Waals surface area (Å²) < 4.78 is 16.6. The highest BCUT2D eigenvalue weighted by molar-refractivity contribution is 4.85. The van der Waals surface area contributed by atoms with Gasteiger partial charge in [-0.2, -0.15) is 0 Å². The highest BCUT2D eigenvalue weighted by Crippen LogP contribution is 2.23. The lowest BCUT2D eigenvalue weighted by Crippen LogP contribution is -2.50. The zero-order valence-electron chi connectivity index (χ0n) is 9.41. The molecule has 0 aromatic rings. The zero-order chi connectivity index (χ0) is 10.5. The summed E-state index contributed by atoms with van der Waals surface area (Å²) in [6.07, 6.45) is 2.48. The van der Waals surface area contributed by atoms with Crippen LogP contribution in [-0.2, 0) is 14.2 Å². The normalized spacial score (nSPS) is 31.4. The van der Waals surface area contributed by atoms with Gasteiger partial charge in [-0.3, -0.25) is 0 Å². The number of rotatable bonds is 3. The Morgan fingerprint density at radius 1 is 1.07 bits per heavy atom. The average Bonchev–Trinajstić information content (AvgIpc) is 2.33. The molecule has 88 valence electrons. The van der Waals surface area contributed by atoms with Crippen LogP contribution in [0.5, 0.6) is 0 Å². The second kappa shape index (κ2) is 5.80. The molecule has 0 amide bonds. The first-order valence-electron chi connectivity index (χ1n) is 5.86. The minimum Gasteiger partial charge on any atom is -0.381 e. The van der Waals surface area contributed by atoms with Crippen LogP contribution >= 0.6 is 0 Å². The van der Waals surface area contributed by atoms with E-state index in [4.69, 9.17) is 14.2 Å². The molecule has 0 aromatic heterocycles. The SMILES string of the molecule is CNC(C1CCOCC1)C1COCCO1. The van der Waals surface area contributed by atoms with Crippen LogP contribution in [0, 0.1) is 5.92 Å². The quantitative estimate of drug-likeness (QED) is 0.740. The van der Waals surface area contributed by atoms with Crippen molar-refractivity contribution in [2.45, 2.75) is 25.0 Å². The maximum atomic E-state index is 5.76. The van der Waals surface area contributed by atoms with E-state index >= 15 is 0 Å². The third-order valence-corrected chi connectivity index (χ3v) is 3.35. The van der Waals surface area contributed by atoms with Gasteiger partial charge in [0.1, 0.15) is 0 Å². The van der Waals surface area contributed by atoms with Gasteiger partial charge in [0.05, 0.1) is 25.9 Å². The van der Waals surface area contributed by atoms with Crippen molar-refractivity contribution in [3.8, 4) is 0 Å². The molecule has 0 saturated carbocycles. The van der Waals surface area contributed by atoms with Crippen LogP contribution in [-0.4, -0.2) is 52.2 Å². The Balaban J connectivity index is 1.88. The molecule has 2 aliphatic heterocycles. The van der Waals surface area contributed by atoms with Gasteiger partial charge in [-0.15, -0.1) is 0 Å². The summed E-state index contributed by atoms with van der Waals surface area (Å²) in [7, 11) is 2.01. The molecule has 0 aliphatic carbocycles. The van der Waals surface area contributed by atoms with Crippen molar-refractivity contribution in [1.82, 2.24) is 5.32 Å². The summed E-state index contributed by atoms with van der Waals surface area (Å²) in [4.78, 5) is 0. The molecule has 1 N–H and O–H groups in total. The molecular weight excluding hydrogens is 194 g/mol. The lowest BCUT2D eigenvalue weighted by atomic mass is 9.88. The summed E-state index contributed by atoms with van der Waals surface area (Å²) in [5.41, 5.74) is 0. The second-order valence-electron chi connectivity index (χ2n) is 4.25. The summed E-state index contributed by atoms with van der Waals surface area (Å²) in [5, 5.41) is 3.38. The lowest BCUT2D eigenvalue weighted by molar-refractivity contribution is -0.113. The predicted molar refractivity (Wildman–Crippen MR) is 56.9 cm³/mol. The van der Waals surface area contributed by atoms with Gasteiger partial charge in [0.2, 0.25) is 0 Å². The van der Waals surface area contributed by atoms with Crippen LogP contribution in [0.25, 0.3) is 0 Å². The molecule has 15 heavy (non-hydrogen) atoms. The number of likely N-dealkylation sites (N-methyl/N-ethyl adjacent to an activating group) is 1. The van der Waals surface area contributed by atoms with E-state index in [1.165, 1.54) is 0 Å². The predicted octanol–water partition coefficient (Wildman–Crippen LogP) is 0.416. The van der Waals surface area contributed by atoms with E-state index in [0.29, 0.717) is 12.0 Å². The zero-order valence-corrected chi connectivity index (χ0v) is 9.41. The van der Waals surface area contributed by atoms with E-state index in [0.717, 1.165) is 45.9 Å². The van der Waals surface area contributed by atoms with E-state index in [1.807, 2.05) is 7.05 Å². The van der Waals surface area contributed by atoms with Crippen molar-refractivity contribution >= 4 is 0 Å². The van der Waals surface area contributed by atoms with Gasteiger partial charge in [-0.1, -0.05) is 0 Å². The Bertz CT molecular complexity index is 159.